The lowest BCUT2D eigenvalue weighted by Gasteiger charge is -2.37. The highest BCUT2D eigenvalue weighted by Gasteiger charge is 2.34. The van der Waals surface area contributed by atoms with E-state index in [1.807, 2.05) is 104 Å². The molecule has 8 nitrogen and oxygen atoms in total. The molecule has 0 fully saturated rings. The zero-order valence-electron chi connectivity index (χ0n) is 25.6. The van der Waals surface area contributed by atoms with E-state index in [1.54, 1.807) is 27.9 Å². The molecule has 2 aromatic heterocycles. The second-order valence-corrected chi connectivity index (χ2v) is 11.4. The fourth-order valence-corrected chi connectivity index (χ4v) is 5.88. The Bertz CT molecular complexity index is 1800. The summed E-state index contributed by atoms with van der Waals surface area (Å²) < 4.78 is 1.74. The standard InChI is InChI=1S/C37H36N6O2/c1-27-23-33(41(2)40-27)18-19-36(44)43(25-29-14-16-31(17-15-29)34-13-8-21-38-39-34)35(24-28-9-4-3-5-10-28)37(45)42-22-20-30-11-6-7-12-32(30)26-42/h3-19,21,23,35H,20,22,24-26H2,1-2H3/t35-/m0/s1. The Morgan fingerprint density at radius 1 is 0.911 bits per heavy atom. The molecule has 0 radical (unpaired) electrons. The Labute approximate surface area is 263 Å². The topological polar surface area (TPSA) is 84.2 Å². The molecule has 5 aromatic rings. The molecule has 6 rings (SSSR count). The number of carbonyl (C=O) groups excluding carboxylic acids is 2. The zero-order valence-corrected chi connectivity index (χ0v) is 25.6. The molecule has 3 heterocycles. The highest BCUT2D eigenvalue weighted by molar-refractivity contribution is 5.95. The van der Waals surface area contributed by atoms with E-state index in [1.165, 1.54) is 5.56 Å². The van der Waals surface area contributed by atoms with Crippen LogP contribution in [0.2, 0.25) is 0 Å². The maximum atomic E-state index is 14.5. The Morgan fingerprint density at radius 3 is 2.38 bits per heavy atom. The number of amides is 2. The molecule has 3 aromatic carbocycles. The van der Waals surface area contributed by atoms with E-state index in [2.05, 4.69) is 27.4 Å². The molecule has 0 N–H and O–H groups in total. The summed E-state index contributed by atoms with van der Waals surface area (Å²) in [7, 11) is 1.85. The quantitative estimate of drug-likeness (QED) is 0.212. The number of hydrogen-bond donors (Lipinski definition) is 0. The number of aryl methyl sites for hydroxylation is 2. The van der Waals surface area contributed by atoms with E-state index < -0.39 is 6.04 Å². The first kappa shape index (κ1) is 29.7. The maximum absolute atomic E-state index is 14.5. The van der Waals surface area contributed by atoms with Gasteiger partial charge in [0.15, 0.2) is 0 Å². The maximum Gasteiger partial charge on any atom is 0.247 e. The minimum atomic E-state index is -0.706. The van der Waals surface area contributed by atoms with Gasteiger partial charge in [-0.2, -0.15) is 15.3 Å². The first-order chi connectivity index (χ1) is 21.9. The highest BCUT2D eigenvalue weighted by Crippen LogP contribution is 2.24. The molecule has 1 aliphatic heterocycles. The van der Waals surface area contributed by atoms with Crippen LogP contribution in [0, 0.1) is 6.92 Å². The van der Waals surface area contributed by atoms with Gasteiger partial charge in [-0.15, -0.1) is 0 Å². The third-order valence-electron chi connectivity index (χ3n) is 8.27. The molecule has 0 unspecified atom stereocenters. The van der Waals surface area contributed by atoms with Crippen LogP contribution in [0.5, 0.6) is 0 Å². The van der Waals surface area contributed by atoms with E-state index >= 15 is 0 Å². The summed E-state index contributed by atoms with van der Waals surface area (Å²) in [5, 5.41) is 12.6. The molecule has 0 aliphatic carbocycles. The molecule has 8 heteroatoms. The number of aromatic nitrogens is 4. The average molecular weight is 597 g/mol. The van der Waals surface area contributed by atoms with Crippen molar-refractivity contribution < 1.29 is 9.59 Å². The lowest BCUT2D eigenvalue weighted by molar-refractivity contribution is -0.144. The molecule has 45 heavy (non-hydrogen) atoms. The van der Waals surface area contributed by atoms with Crippen LogP contribution in [0.15, 0.2) is 109 Å². The van der Waals surface area contributed by atoms with Gasteiger partial charge in [0.2, 0.25) is 11.8 Å². The Balaban J connectivity index is 1.35. The molecular formula is C37H36N6O2. The van der Waals surface area contributed by atoms with Gasteiger partial charge in [-0.3, -0.25) is 14.3 Å². The van der Waals surface area contributed by atoms with Crippen LogP contribution in [-0.4, -0.2) is 54.2 Å². The van der Waals surface area contributed by atoms with Gasteiger partial charge in [0.25, 0.3) is 0 Å². The fourth-order valence-electron chi connectivity index (χ4n) is 5.88. The van der Waals surface area contributed by atoms with Crippen LogP contribution in [0.25, 0.3) is 17.3 Å². The van der Waals surface area contributed by atoms with Crippen LogP contribution in [-0.2, 0) is 42.6 Å². The summed E-state index contributed by atoms with van der Waals surface area (Å²) in [5.74, 6) is -0.291. The third-order valence-corrected chi connectivity index (χ3v) is 8.27. The van der Waals surface area contributed by atoms with Crippen molar-refractivity contribution in [3.05, 3.63) is 143 Å². The van der Waals surface area contributed by atoms with Crippen molar-refractivity contribution in [1.29, 1.82) is 0 Å². The zero-order chi connectivity index (χ0) is 31.2. The van der Waals surface area contributed by atoms with Crippen molar-refractivity contribution in [1.82, 2.24) is 29.8 Å². The summed E-state index contributed by atoms with van der Waals surface area (Å²) >= 11 is 0. The monoisotopic (exact) mass is 596 g/mol. The van der Waals surface area contributed by atoms with Crippen LogP contribution >= 0.6 is 0 Å². The lowest BCUT2D eigenvalue weighted by Crippen LogP contribution is -2.52. The molecule has 1 atom stereocenters. The number of rotatable bonds is 9. The molecule has 1 aliphatic rings. The molecule has 226 valence electrons. The third kappa shape index (κ3) is 7.07. The largest absolute Gasteiger partial charge is 0.336 e. The Kier molecular flexibility index (Phi) is 8.91. The predicted molar refractivity (Wildman–Crippen MR) is 174 cm³/mol. The predicted octanol–water partition coefficient (Wildman–Crippen LogP) is 5.42. The minimum absolute atomic E-state index is 0.0531. The van der Waals surface area contributed by atoms with Gasteiger partial charge in [0.1, 0.15) is 6.04 Å². The van der Waals surface area contributed by atoms with E-state index in [4.69, 9.17) is 0 Å². The molecule has 2 amide bonds. The fraction of sp³-hybridized carbons (Fsp3) is 0.216. The number of benzene rings is 3. The van der Waals surface area contributed by atoms with Crippen LogP contribution in [0.3, 0.4) is 0 Å². The van der Waals surface area contributed by atoms with Gasteiger partial charge < -0.3 is 9.80 Å². The second-order valence-electron chi connectivity index (χ2n) is 11.4. The van der Waals surface area contributed by atoms with Crippen molar-refractivity contribution >= 4 is 17.9 Å². The number of carbonyl (C=O) groups is 2. The van der Waals surface area contributed by atoms with E-state index in [0.29, 0.717) is 19.5 Å². The van der Waals surface area contributed by atoms with Crippen molar-refractivity contribution in [2.24, 2.45) is 7.05 Å². The molecule has 0 saturated carbocycles. The summed E-state index contributed by atoms with van der Waals surface area (Å²) in [4.78, 5) is 32.3. The first-order valence-corrected chi connectivity index (χ1v) is 15.2. The normalized spacial score (nSPS) is 13.4. The Hall–Kier alpha value is -5.37. The number of nitrogens with zero attached hydrogens (tertiary/aromatic N) is 6. The van der Waals surface area contributed by atoms with E-state index in [-0.39, 0.29) is 18.4 Å². The first-order valence-electron chi connectivity index (χ1n) is 15.2. The molecule has 0 saturated heterocycles. The summed E-state index contributed by atoms with van der Waals surface area (Å²) in [5.41, 5.74) is 7.71. The van der Waals surface area contributed by atoms with Gasteiger partial charge in [-0.1, -0.05) is 78.9 Å². The highest BCUT2D eigenvalue weighted by atomic mass is 16.2. The van der Waals surface area contributed by atoms with Gasteiger partial charge in [0, 0.05) is 50.9 Å². The molecule has 0 bridgehead atoms. The van der Waals surface area contributed by atoms with E-state index in [0.717, 1.165) is 45.8 Å². The van der Waals surface area contributed by atoms with Gasteiger partial charge in [0.05, 0.1) is 17.1 Å². The van der Waals surface area contributed by atoms with Crippen molar-refractivity contribution in [2.45, 2.75) is 38.9 Å². The lowest BCUT2D eigenvalue weighted by atomic mass is 9.97. The Morgan fingerprint density at radius 2 is 1.67 bits per heavy atom. The molecule has 0 spiro atoms. The van der Waals surface area contributed by atoms with E-state index in [9.17, 15) is 9.59 Å². The molecular weight excluding hydrogens is 560 g/mol. The number of fused-ring (bicyclic) bond motifs is 1. The van der Waals surface area contributed by atoms with Crippen LogP contribution < -0.4 is 0 Å². The summed E-state index contributed by atoms with van der Waals surface area (Å²) in [6, 6.07) is 31.1. The van der Waals surface area contributed by atoms with Gasteiger partial charge >= 0.3 is 0 Å². The average Bonchev–Trinajstić information content (AvgIpc) is 3.41. The van der Waals surface area contributed by atoms with Crippen molar-refractivity contribution in [3.63, 3.8) is 0 Å². The number of hydrogen-bond acceptors (Lipinski definition) is 5. The van der Waals surface area contributed by atoms with Crippen LogP contribution in [0.4, 0.5) is 0 Å². The van der Waals surface area contributed by atoms with Crippen LogP contribution in [0.1, 0.15) is 33.6 Å². The summed E-state index contributed by atoms with van der Waals surface area (Å²) in [6.07, 6.45) is 6.17. The van der Waals surface area contributed by atoms with Crippen molar-refractivity contribution in [2.75, 3.05) is 6.54 Å². The minimum Gasteiger partial charge on any atom is -0.336 e. The smallest absolute Gasteiger partial charge is 0.247 e. The van der Waals surface area contributed by atoms with Gasteiger partial charge in [-0.25, -0.2) is 0 Å². The summed E-state index contributed by atoms with van der Waals surface area (Å²) in [6.45, 7) is 3.32. The SMILES string of the molecule is Cc1cc(C=CC(=O)N(Cc2ccc(-c3cccnn3)cc2)[C@@H](Cc2ccccc2)C(=O)N2CCc3ccccc3C2)n(C)n1. The second kappa shape index (κ2) is 13.5. The van der Waals surface area contributed by atoms with Gasteiger partial charge in [-0.05, 0) is 59.9 Å². The van der Waals surface area contributed by atoms with Crippen molar-refractivity contribution in [3.8, 4) is 11.3 Å².